The van der Waals surface area contributed by atoms with Gasteiger partial charge < -0.3 is 9.47 Å². The summed E-state index contributed by atoms with van der Waals surface area (Å²) in [7, 11) is 2.92. The topological polar surface area (TPSA) is 47.9 Å². The van der Waals surface area contributed by atoms with Crippen molar-refractivity contribution in [2.75, 3.05) is 14.2 Å². The smallest absolute Gasteiger partial charge is 0.235 e. The van der Waals surface area contributed by atoms with E-state index >= 15 is 0 Å². The third-order valence-electron chi connectivity index (χ3n) is 2.09. The van der Waals surface area contributed by atoms with Gasteiger partial charge in [0.15, 0.2) is 11.6 Å². The molecule has 0 N–H and O–H groups in total. The first kappa shape index (κ1) is 12.4. The number of hydrogen-bond acceptors (Lipinski definition) is 4. The Morgan fingerprint density at radius 2 is 2.12 bits per heavy atom. The number of isocyanates is 1. The maximum atomic E-state index is 13.4. The van der Waals surface area contributed by atoms with Gasteiger partial charge >= 0.3 is 0 Å². The number of ether oxygens (including phenoxy) is 2. The van der Waals surface area contributed by atoms with Crippen LogP contribution in [0.15, 0.2) is 17.1 Å². The third-order valence-corrected chi connectivity index (χ3v) is 2.09. The van der Waals surface area contributed by atoms with Gasteiger partial charge in [0.25, 0.3) is 0 Å². The molecule has 0 spiro atoms. The zero-order chi connectivity index (χ0) is 12.0. The molecule has 0 amide bonds. The predicted octanol–water partition coefficient (Wildman–Crippen LogP) is 1.82. The van der Waals surface area contributed by atoms with Crippen molar-refractivity contribution < 1.29 is 18.7 Å². The van der Waals surface area contributed by atoms with Gasteiger partial charge in [-0.15, -0.1) is 0 Å². The number of carbonyl (C=O) groups excluding carboxylic acids is 1. The molecule has 86 valence electrons. The minimum absolute atomic E-state index is 0.0864. The van der Waals surface area contributed by atoms with Gasteiger partial charge in [-0.2, -0.15) is 0 Å². The van der Waals surface area contributed by atoms with E-state index in [9.17, 15) is 9.18 Å². The fourth-order valence-electron chi connectivity index (χ4n) is 1.35. The van der Waals surface area contributed by atoms with Gasteiger partial charge in [-0.25, -0.2) is 14.2 Å². The van der Waals surface area contributed by atoms with Crippen molar-refractivity contribution in [3.05, 3.63) is 29.1 Å². The van der Waals surface area contributed by atoms with E-state index in [1.165, 1.54) is 32.4 Å². The van der Waals surface area contributed by atoms with E-state index in [0.29, 0.717) is 12.2 Å². The van der Waals surface area contributed by atoms with Crippen molar-refractivity contribution in [2.45, 2.75) is 13.2 Å². The first-order chi connectivity index (χ1) is 7.72. The van der Waals surface area contributed by atoms with E-state index in [4.69, 9.17) is 9.47 Å². The Bertz CT molecular complexity index is 414. The minimum atomic E-state index is -0.488. The summed E-state index contributed by atoms with van der Waals surface area (Å²) >= 11 is 0. The van der Waals surface area contributed by atoms with E-state index in [0.717, 1.165) is 5.56 Å². The lowest BCUT2D eigenvalue weighted by atomic mass is 10.1. The Morgan fingerprint density at radius 3 is 2.69 bits per heavy atom. The quantitative estimate of drug-likeness (QED) is 0.567. The second-order valence-electron chi connectivity index (χ2n) is 3.10. The SMILES string of the molecule is COCc1cc(OC)c(F)cc1CN=C=O. The van der Waals surface area contributed by atoms with E-state index in [1.807, 2.05) is 0 Å². The summed E-state index contributed by atoms with van der Waals surface area (Å²) in [4.78, 5) is 13.4. The lowest BCUT2D eigenvalue weighted by molar-refractivity contribution is 0.183. The molecule has 0 saturated heterocycles. The predicted molar refractivity (Wildman–Crippen MR) is 55.5 cm³/mol. The Labute approximate surface area is 92.7 Å². The Morgan fingerprint density at radius 1 is 1.38 bits per heavy atom. The zero-order valence-electron chi connectivity index (χ0n) is 9.12. The fraction of sp³-hybridized carbons (Fsp3) is 0.364. The minimum Gasteiger partial charge on any atom is -0.494 e. The zero-order valence-corrected chi connectivity index (χ0v) is 9.12. The summed E-state index contributed by atoms with van der Waals surface area (Å²) in [6.45, 7) is 0.392. The molecule has 1 aromatic carbocycles. The lowest BCUT2D eigenvalue weighted by Gasteiger charge is -2.09. The number of aliphatic imine (C=N–C) groups is 1. The summed E-state index contributed by atoms with van der Waals surface area (Å²) in [5.74, 6) is -0.343. The molecule has 0 aliphatic heterocycles. The second-order valence-corrected chi connectivity index (χ2v) is 3.10. The van der Waals surface area contributed by atoms with Gasteiger partial charge in [-0.05, 0) is 23.3 Å². The van der Waals surface area contributed by atoms with Crippen molar-refractivity contribution in [1.82, 2.24) is 0 Å². The van der Waals surface area contributed by atoms with Gasteiger partial charge in [0.2, 0.25) is 6.08 Å². The maximum Gasteiger partial charge on any atom is 0.235 e. The van der Waals surface area contributed by atoms with Gasteiger partial charge in [0.05, 0.1) is 20.3 Å². The summed E-state index contributed by atoms with van der Waals surface area (Å²) in [6.07, 6.45) is 1.41. The molecule has 16 heavy (non-hydrogen) atoms. The second kappa shape index (κ2) is 6.00. The van der Waals surface area contributed by atoms with Crippen LogP contribution in [0.25, 0.3) is 0 Å². The molecule has 0 aliphatic rings. The van der Waals surface area contributed by atoms with Crippen LogP contribution in [-0.2, 0) is 22.7 Å². The average molecular weight is 225 g/mol. The van der Waals surface area contributed by atoms with Crippen molar-refractivity contribution in [3.63, 3.8) is 0 Å². The van der Waals surface area contributed by atoms with Crippen molar-refractivity contribution in [3.8, 4) is 5.75 Å². The average Bonchev–Trinajstić information content (AvgIpc) is 2.29. The van der Waals surface area contributed by atoms with Crippen molar-refractivity contribution in [1.29, 1.82) is 0 Å². The van der Waals surface area contributed by atoms with Crippen LogP contribution in [-0.4, -0.2) is 20.3 Å². The van der Waals surface area contributed by atoms with Crippen LogP contribution in [0.3, 0.4) is 0 Å². The van der Waals surface area contributed by atoms with E-state index < -0.39 is 5.82 Å². The maximum absolute atomic E-state index is 13.4. The summed E-state index contributed by atoms with van der Waals surface area (Å²) in [6, 6.07) is 2.82. The highest BCUT2D eigenvalue weighted by atomic mass is 19.1. The first-order valence-electron chi connectivity index (χ1n) is 4.60. The summed E-state index contributed by atoms with van der Waals surface area (Å²) in [5.41, 5.74) is 1.32. The number of rotatable bonds is 5. The molecule has 0 fully saturated rings. The summed E-state index contributed by atoms with van der Waals surface area (Å²) < 4.78 is 23.2. The van der Waals surface area contributed by atoms with Crippen molar-refractivity contribution in [2.24, 2.45) is 4.99 Å². The van der Waals surface area contributed by atoms with Crippen LogP contribution in [0.4, 0.5) is 4.39 Å². The van der Waals surface area contributed by atoms with Gasteiger partial charge in [-0.1, -0.05) is 0 Å². The normalized spacial score (nSPS) is 9.69. The highest BCUT2D eigenvalue weighted by molar-refractivity contribution is 5.39. The molecular weight excluding hydrogens is 213 g/mol. The standard InChI is InChI=1S/C11H12FNO3/c1-15-6-9-4-11(16-2)10(12)3-8(9)5-13-7-14/h3-4H,5-6H2,1-2H3. The molecule has 0 heterocycles. The molecule has 0 aliphatic carbocycles. The number of nitrogens with zero attached hydrogens (tertiary/aromatic N) is 1. The molecule has 0 unspecified atom stereocenters. The molecule has 0 aromatic heterocycles. The molecule has 1 rings (SSSR count). The van der Waals surface area contributed by atoms with Crippen LogP contribution in [0, 0.1) is 5.82 Å². The number of benzene rings is 1. The number of halogens is 1. The highest BCUT2D eigenvalue weighted by Gasteiger charge is 2.09. The third kappa shape index (κ3) is 2.89. The van der Waals surface area contributed by atoms with E-state index in [2.05, 4.69) is 4.99 Å². The van der Waals surface area contributed by atoms with Crippen molar-refractivity contribution >= 4 is 6.08 Å². The molecule has 4 nitrogen and oxygen atoms in total. The van der Waals surface area contributed by atoms with E-state index in [-0.39, 0.29) is 12.3 Å². The molecule has 1 aromatic rings. The van der Waals surface area contributed by atoms with Crippen LogP contribution < -0.4 is 4.74 Å². The van der Waals surface area contributed by atoms with E-state index in [1.54, 1.807) is 0 Å². The monoisotopic (exact) mass is 225 g/mol. The molecule has 0 atom stereocenters. The van der Waals surface area contributed by atoms with Crippen LogP contribution in [0.5, 0.6) is 5.75 Å². The lowest BCUT2D eigenvalue weighted by Crippen LogP contribution is -1.99. The van der Waals surface area contributed by atoms with Crippen LogP contribution in [0.2, 0.25) is 0 Å². The van der Waals surface area contributed by atoms with Gasteiger partial charge in [-0.3, -0.25) is 0 Å². The molecular formula is C11H12FNO3. The highest BCUT2D eigenvalue weighted by Crippen LogP contribution is 2.23. The largest absolute Gasteiger partial charge is 0.494 e. The first-order valence-corrected chi connectivity index (χ1v) is 4.60. The van der Waals surface area contributed by atoms with Gasteiger partial charge in [0, 0.05) is 7.11 Å². The molecule has 0 saturated carbocycles. The van der Waals surface area contributed by atoms with Crippen LogP contribution >= 0.6 is 0 Å². The summed E-state index contributed by atoms with van der Waals surface area (Å²) in [5, 5.41) is 0. The number of hydrogen-bond donors (Lipinski definition) is 0. The molecule has 5 heteroatoms. The van der Waals surface area contributed by atoms with Gasteiger partial charge in [0.1, 0.15) is 0 Å². The molecule has 0 radical (unpaired) electrons. The Kier molecular flexibility index (Phi) is 4.64. The fourth-order valence-corrected chi connectivity index (χ4v) is 1.35. The van der Waals surface area contributed by atoms with Crippen LogP contribution in [0.1, 0.15) is 11.1 Å². The number of methoxy groups -OCH3 is 2. The Balaban J connectivity index is 3.12. The molecule has 0 bridgehead atoms. The Hall–Kier alpha value is -1.71.